The summed E-state index contributed by atoms with van der Waals surface area (Å²) in [5, 5.41) is 4.68. The fourth-order valence-electron chi connectivity index (χ4n) is 6.00. The van der Waals surface area contributed by atoms with Gasteiger partial charge in [-0.25, -0.2) is 0 Å². The van der Waals surface area contributed by atoms with Crippen molar-refractivity contribution in [3.05, 3.63) is 146 Å². The van der Waals surface area contributed by atoms with E-state index in [1.165, 1.54) is 16.3 Å². The van der Waals surface area contributed by atoms with Crippen molar-refractivity contribution in [2.24, 2.45) is 0 Å². The maximum Gasteiger partial charge on any atom is 0.178 e. The first kappa shape index (κ1) is 23.1. The van der Waals surface area contributed by atoms with Crippen molar-refractivity contribution in [3.8, 4) is 28.3 Å². The van der Waals surface area contributed by atoms with Gasteiger partial charge in [0.25, 0.3) is 0 Å². The second-order valence-corrected chi connectivity index (χ2v) is 12.8. The molecular weight excluding hydrogens is 509 g/mol. The quantitative estimate of drug-likeness (QED) is 0.214. The number of hydrogen-bond acceptors (Lipinski definition) is 2. The third-order valence-electron chi connectivity index (χ3n) is 7.86. The fraction of sp³-hybridized carbons (Fsp3) is 0. The first-order valence-corrected chi connectivity index (χ1v) is 15.1. The van der Waals surface area contributed by atoms with E-state index in [1.807, 2.05) is 66.7 Å². The molecule has 7 aromatic rings. The van der Waals surface area contributed by atoms with E-state index in [2.05, 4.69) is 83.4 Å². The highest BCUT2D eigenvalue weighted by atomic mass is 31.2. The molecule has 6 aromatic carbocycles. The molecule has 8 rings (SSSR count). The number of ether oxygens (including phenoxy) is 1. The molecule has 0 radical (unpaired) electrons. The molecule has 40 heavy (non-hydrogen) atoms. The minimum Gasteiger partial charge on any atom is -0.456 e. The summed E-state index contributed by atoms with van der Waals surface area (Å²) in [4.78, 5) is 0. The number of para-hydroxylation sites is 3. The summed E-state index contributed by atoms with van der Waals surface area (Å²) in [6.45, 7) is 0. The number of benzene rings is 6. The summed E-state index contributed by atoms with van der Waals surface area (Å²) in [7, 11) is -3.15. The van der Waals surface area contributed by atoms with E-state index in [0.717, 1.165) is 38.2 Å². The van der Waals surface area contributed by atoms with Crippen LogP contribution in [-0.4, -0.2) is 4.57 Å². The molecule has 1 aliphatic heterocycles. The lowest BCUT2D eigenvalue weighted by Gasteiger charge is -2.29. The summed E-state index contributed by atoms with van der Waals surface area (Å²) in [6, 6.07) is 49.2. The van der Waals surface area contributed by atoms with Crippen LogP contribution in [-0.2, 0) is 4.57 Å². The number of aromatic nitrogens is 1. The Kier molecular flexibility index (Phi) is 5.10. The Hall–Kier alpha value is -4.85. The Balaban J connectivity index is 1.34. The molecule has 0 saturated heterocycles. The standard InChI is InChI=1S/C36H24NO2P/c38-40(28-13-5-2-6-14-28)35-18-10-9-17-33(35)39-34-22-20-26(24-36(34)40)25-19-21-32-30(23-25)29-15-7-8-16-31(29)37(32)27-11-3-1-4-12-27/h1-24H. The van der Waals surface area contributed by atoms with Crippen molar-refractivity contribution in [3.63, 3.8) is 0 Å². The minimum atomic E-state index is -3.15. The molecule has 1 aromatic heterocycles. The minimum absolute atomic E-state index is 0.649. The number of rotatable bonds is 3. The van der Waals surface area contributed by atoms with E-state index in [1.54, 1.807) is 0 Å². The summed E-state index contributed by atoms with van der Waals surface area (Å²) >= 11 is 0. The van der Waals surface area contributed by atoms with E-state index in [9.17, 15) is 0 Å². The third-order valence-corrected chi connectivity index (χ3v) is 11.0. The lowest BCUT2D eigenvalue weighted by atomic mass is 10.0. The van der Waals surface area contributed by atoms with Crippen molar-refractivity contribution in [1.82, 2.24) is 4.57 Å². The molecule has 0 saturated carbocycles. The summed E-state index contributed by atoms with van der Waals surface area (Å²) in [6.07, 6.45) is 0. The normalized spacial score (nSPS) is 15.9. The van der Waals surface area contributed by atoms with Crippen LogP contribution in [0.5, 0.6) is 11.5 Å². The smallest absolute Gasteiger partial charge is 0.178 e. The van der Waals surface area contributed by atoms with Gasteiger partial charge in [0.1, 0.15) is 11.5 Å². The molecule has 0 fully saturated rings. The van der Waals surface area contributed by atoms with Crippen LogP contribution in [0, 0.1) is 0 Å². The molecular formula is C36H24NO2P. The SMILES string of the molecule is O=P1(c2ccccc2)c2ccccc2Oc2ccc(-c3ccc4c(c3)c3ccccc3n4-c3ccccc3)cc21. The van der Waals surface area contributed by atoms with Crippen LogP contribution < -0.4 is 20.7 Å². The Morgan fingerprint density at radius 1 is 0.500 bits per heavy atom. The van der Waals surface area contributed by atoms with Gasteiger partial charge >= 0.3 is 0 Å². The lowest BCUT2D eigenvalue weighted by Crippen LogP contribution is -2.30. The molecule has 3 nitrogen and oxygen atoms in total. The Labute approximate surface area is 232 Å². The zero-order valence-electron chi connectivity index (χ0n) is 21.6. The van der Waals surface area contributed by atoms with Crippen LogP contribution in [0.2, 0.25) is 0 Å². The largest absolute Gasteiger partial charge is 0.456 e. The van der Waals surface area contributed by atoms with Crippen molar-refractivity contribution in [2.45, 2.75) is 0 Å². The molecule has 0 N–H and O–H groups in total. The Morgan fingerprint density at radius 2 is 1.12 bits per heavy atom. The van der Waals surface area contributed by atoms with Gasteiger partial charge in [0.05, 0.1) is 21.6 Å². The van der Waals surface area contributed by atoms with E-state index in [4.69, 9.17) is 4.74 Å². The van der Waals surface area contributed by atoms with Crippen molar-refractivity contribution in [1.29, 1.82) is 0 Å². The predicted octanol–water partition coefficient (Wildman–Crippen LogP) is 8.20. The second-order valence-electron chi connectivity index (χ2n) is 10.1. The van der Waals surface area contributed by atoms with E-state index < -0.39 is 7.14 Å². The molecule has 2 heterocycles. The highest BCUT2D eigenvalue weighted by Crippen LogP contribution is 2.52. The van der Waals surface area contributed by atoms with Gasteiger partial charge in [0.15, 0.2) is 7.14 Å². The highest BCUT2D eigenvalue weighted by Gasteiger charge is 2.39. The summed E-state index contributed by atoms with van der Waals surface area (Å²) < 4.78 is 23.7. The van der Waals surface area contributed by atoms with Gasteiger partial charge < -0.3 is 13.9 Å². The average Bonchev–Trinajstić information content (AvgIpc) is 3.36. The Morgan fingerprint density at radius 3 is 1.98 bits per heavy atom. The molecule has 1 unspecified atom stereocenters. The maximum atomic E-state index is 15.1. The number of nitrogens with zero attached hydrogens (tertiary/aromatic N) is 1. The maximum absolute atomic E-state index is 15.1. The van der Waals surface area contributed by atoms with Crippen molar-refractivity contribution in [2.75, 3.05) is 0 Å². The van der Waals surface area contributed by atoms with Gasteiger partial charge in [-0.3, -0.25) is 0 Å². The second kappa shape index (κ2) is 8.84. The van der Waals surface area contributed by atoms with Gasteiger partial charge in [-0.15, -0.1) is 0 Å². The fourth-order valence-corrected chi connectivity index (χ4v) is 8.89. The lowest BCUT2D eigenvalue weighted by molar-refractivity contribution is 0.485. The molecule has 1 aliphatic rings. The van der Waals surface area contributed by atoms with Crippen LogP contribution in [0.3, 0.4) is 0 Å². The average molecular weight is 534 g/mol. The number of hydrogen-bond donors (Lipinski definition) is 0. The molecule has 0 aliphatic carbocycles. The topological polar surface area (TPSA) is 31.2 Å². The first-order chi connectivity index (χ1) is 19.7. The molecule has 1 atom stereocenters. The predicted molar refractivity (Wildman–Crippen MR) is 166 cm³/mol. The van der Waals surface area contributed by atoms with Crippen molar-refractivity contribution < 1.29 is 9.30 Å². The van der Waals surface area contributed by atoms with Crippen LogP contribution in [0.15, 0.2) is 146 Å². The molecule has 4 heteroatoms. The third kappa shape index (κ3) is 3.35. The zero-order valence-corrected chi connectivity index (χ0v) is 22.5. The summed E-state index contributed by atoms with van der Waals surface area (Å²) in [5.74, 6) is 1.31. The van der Waals surface area contributed by atoms with Crippen molar-refractivity contribution >= 4 is 44.9 Å². The van der Waals surface area contributed by atoms with Gasteiger partial charge in [0, 0.05) is 21.8 Å². The van der Waals surface area contributed by atoms with E-state index in [-0.39, 0.29) is 0 Å². The van der Waals surface area contributed by atoms with Gasteiger partial charge in [0.2, 0.25) is 0 Å². The molecule has 190 valence electrons. The molecule has 0 amide bonds. The van der Waals surface area contributed by atoms with Gasteiger partial charge in [-0.1, -0.05) is 91.0 Å². The van der Waals surface area contributed by atoms with Crippen LogP contribution in [0.4, 0.5) is 0 Å². The molecule has 0 spiro atoms. The van der Waals surface area contributed by atoms with Gasteiger partial charge in [-0.05, 0) is 65.7 Å². The van der Waals surface area contributed by atoms with E-state index >= 15 is 4.57 Å². The van der Waals surface area contributed by atoms with Gasteiger partial charge in [-0.2, -0.15) is 0 Å². The monoisotopic (exact) mass is 533 g/mol. The van der Waals surface area contributed by atoms with Crippen LogP contribution >= 0.6 is 7.14 Å². The Bertz CT molecular complexity index is 2110. The zero-order chi connectivity index (χ0) is 26.7. The first-order valence-electron chi connectivity index (χ1n) is 13.4. The molecule has 0 bridgehead atoms. The summed E-state index contributed by atoms with van der Waals surface area (Å²) in [5.41, 5.74) is 5.54. The van der Waals surface area contributed by atoms with Crippen LogP contribution in [0.25, 0.3) is 38.6 Å². The van der Waals surface area contributed by atoms with E-state index in [0.29, 0.717) is 11.5 Å². The van der Waals surface area contributed by atoms with Crippen LogP contribution in [0.1, 0.15) is 0 Å². The highest BCUT2D eigenvalue weighted by molar-refractivity contribution is 7.85. The number of fused-ring (bicyclic) bond motifs is 5.